The lowest BCUT2D eigenvalue weighted by molar-refractivity contribution is 0.0806. The number of hydrogen-bond donors (Lipinski definition) is 0. The number of likely N-dealkylation sites (N-methyl/N-ethyl adjacent to an activating group) is 1. The van der Waals surface area contributed by atoms with E-state index in [1.54, 1.807) is 24.1 Å². The first-order valence-electron chi connectivity index (χ1n) is 8.59. The Kier molecular flexibility index (Phi) is 6.89. The van der Waals surface area contributed by atoms with Crippen molar-refractivity contribution in [3.05, 3.63) is 53.1 Å². The van der Waals surface area contributed by atoms with Crippen LogP contribution >= 0.6 is 0 Å². The number of nitrogens with zero attached hydrogens (tertiary/aromatic N) is 1. The standard InChI is InChI=1S/C21H27NO4/c1-15(11-16-9-7-6-8-10-16)14-22(2)21(23)17-12-18(24-3)20(26-5)19(13-17)25-4/h7,9-13H,6,8,14H2,1-5H3/b15-11+. The SMILES string of the molecule is COc1cc(C(=O)N(C)C/C(C)=C/C2=CCCC=C2)cc(OC)c1OC. The maximum atomic E-state index is 12.8. The summed E-state index contributed by atoms with van der Waals surface area (Å²) in [6, 6.07) is 3.34. The molecule has 1 amide bonds. The first-order chi connectivity index (χ1) is 12.5. The third-order valence-corrected chi connectivity index (χ3v) is 4.18. The third-order valence-electron chi connectivity index (χ3n) is 4.18. The fourth-order valence-corrected chi connectivity index (χ4v) is 2.94. The summed E-state index contributed by atoms with van der Waals surface area (Å²) >= 11 is 0. The largest absolute Gasteiger partial charge is 0.493 e. The number of amides is 1. The second kappa shape index (κ2) is 9.13. The van der Waals surface area contributed by atoms with E-state index in [0.717, 1.165) is 18.4 Å². The van der Waals surface area contributed by atoms with Crippen molar-refractivity contribution in [3.63, 3.8) is 0 Å². The van der Waals surface area contributed by atoms with Gasteiger partial charge in [-0.2, -0.15) is 0 Å². The van der Waals surface area contributed by atoms with Crippen molar-refractivity contribution in [2.75, 3.05) is 34.9 Å². The van der Waals surface area contributed by atoms with Crippen LogP contribution in [0.5, 0.6) is 17.2 Å². The minimum atomic E-state index is -0.106. The van der Waals surface area contributed by atoms with Gasteiger partial charge in [0.15, 0.2) is 11.5 Å². The minimum Gasteiger partial charge on any atom is -0.493 e. The number of carbonyl (C=O) groups is 1. The molecule has 140 valence electrons. The zero-order valence-electron chi connectivity index (χ0n) is 16.2. The summed E-state index contributed by atoms with van der Waals surface area (Å²) in [5.41, 5.74) is 2.81. The lowest BCUT2D eigenvalue weighted by Crippen LogP contribution is -2.28. The average molecular weight is 357 g/mol. The van der Waals surface area contributed by atoms with Crippen LogP contribution in [-0.4, -0.2) is 45.7 Å². The lowest BCUT2D eigenvalue weighted by Gasteiger charge is -2.20. The van der Waals surface area contributed by atoms with E-state index >= 15 is 0 Å². The van der Waals surface area contributed by atoms with Gasteiger partial charge in [-0.15, -0.1) is 0 Å². The Morgan fingerprint density at radius 1 is 1.12 bits per heavy atom. The highest BCUT2D eigenvalue weighted by molar-refractivity contribution is 5.95. The molecule has 1 aliphatic carbocycles. The van der Waals surface area contributed by atoms with Crippen LogP contribution in [0.4, 0.5) is 0 Å². The van der Waals surface area contributed by atoms with Gasteiger partial charge in [0.05, 0.1) is 21.3 Å². The first-order valence-corrected chi connectivity index (χ1v) is 8.59. The van der Waals surface area contributed by atoms with E-state index in [9.17, 15) is 4.79 Å². The van der Waals surface area contributed by atoms with Crippen LogP contribution in [0.15, 0.2) is 47.6 Å². The fourth-order valence-electron chi connectivity index (χ4n) is 2.94. The number of ether oxygens (including phenoxy) is 3. The summed E-state index contributed by atoms with van der Waals surface area (Å²) < 4.78 is 16.0. The Morgan fingerprint density at radius 2 is 1.77 bits per heavy atom. The molecule has 5 heteroatoms. The third kappa shape index (κ3) is 4.69. The van der Waals surface area contributed by atoms with Gasteiger partial charge in [0.25, 0.3) is 5.91 Å². The van der Waals surface area contributed by atoms with Gasteiger partial charge in [-0.05, 0) is 37.5 Å². The van der Waals surface area contributed by atoms with E-state index in [0.29, 0.717) is 29.4 Å². The molecule has 0 saturated heterocycles. The molecule has 1 aliphatic rings. The van der Waals surface area contributed by atoms with E-state index in [-0.39, 0.29) is 5.91 Å². The number of hydrogen-bond acceptors (Lipinski definition) is 4. The smallest absolute Gasteiger partial charge is 0.254 e. The molecule has 26 heavy (non-hydrogen) atoms. The van der Waals surface area contributed by atoms with Crippen LogP contribution in [0.1, 0.15) is 30.1 Å². The van der Waals surface area contributed by atoms with Gasteiger partial charge in [0.1, 0.15) is 0 Å². The van der Waals surface area contributed by atoms with Gasteiger partial charge < -0.3 is 19.1 Å². The molecule has 0 fully saturated rings. The fraction of sp³-hybridized carbons (Fsp3) is 0.381. The second-order valence-corrected chi connectivity index (χ2v) is 6.25. The average Bonchev–Trinajstić information content (AvgIpc) is 2.66. The number of methoxy groups -OCH3 is 3. The molecule has 1 aromatic carbocycles. The molecule has 0 spiro atoms. The van der Waals surface area contributed by atoms with Crippen LogP contribution in [0.2, 0.25) is 0 Å². The predicted octanol–water partition coefficient (Wildman–Crippen LogP) is 4.01. The molecule has 0 saturated carbocycles. The maximum absolute atomic E-state index is 12.8. The highest BCUT2D eigenvalue weighted by atomic mass is 16.5. The van der Waals surface area contributed by atoms with Gasteiger partial charge in [-0.25, -0.2) is 0 Å². The highest BCUT2D eigenvalue weighted by Gasteiger charge is 2.19. The van der Waals surface area contributed by atoms with Crippen molar-refractivity contribution in [1.82, 2.24) is 4.90 Å². The van der Waals surface area contributed by atoms with Crippen molar-refractivity contribution < 1.29 is 19.0 Å². The van der Waals surface area contributed by atoms with E-state index in [4.69, 9.17) is 14.2 Å². The molecule has 0 radical (unpaired) electrons. The van der Waals surface area contributed by atoms with E-state index in [2.05, 4.69) is 24.3 Å². The summed E-state index contributed by atoms with van der Waals surface area (Å²) in [4.78, 5) is 14.5. The van der Waals surface area contributed by atoms with Gasteiger partial charge in [0.2, 0.25) is 5.75 Å². The Labute approximate surface area is 155 Å². The second-order valence-electron chi connectivity index (χ2n) is 6.25. The van der Waals surface area contributed by atoms with Crippen molar-refractivity contribution in [1.29, 1.82) is 0 Å². The Balaban J connectivity index is 2.18. The number of allylic oxidation sites excluding steroid dienone is 5. The zero-order chi connectivity index (χ0) is 19.1. The van der Waals surface area contributed by atoms with E-state index < -0.39 is 0 Å². The van der Waals surface area contributed by atoms with Crippen LogP contribution in [0.3, 0.4) is 0 Å². The first kappa shape index (κ1) is 19.6. The van der Waals surface area contributed by atoms with Crippen molar-refractivity contribution in [2.45, 2.75) is 19.8 Å². The maximum Gasteiger partial charge on any atom is 0.254 e. The highest BCUT2D eigenvalue weighted by Crippen LogP contribution is 2.38. The van der Waals surface area contributed by atoms with Crippen molar-refractivity contribution in [2.24, 2.45) is 0 Å². The Morgan fingerprint density at radius 3 is 2.27 bits per heavy atom. The normalized spacial score (nSPS) is 13.9. The van der Waals surface area contributed by atoms with Crippen molar-refractivity contribution in [3.8, 4) is 17.2 Å². The number of benzene rings is 1. The van der Waals surface area contributed by atoms with Crippen molar-refractivity contribution >= 4 is 5.91 Å². The summed E-state index contributed by atoms with van der Waals surface area (Å²) in [5.74, 6) is 1.30. The summed E-state index contributed by atoms with van der Waals surface area (Å²) in [6.45, 7) is 2.57. The lowest BCUT2D eigenvalue weighted by atomic mass is 10.0. The molecule has 2 rings (SSSR count). The summed E-state index contributed by atoms with van der Waals surface area (Å²) in [5, 5.41) is 0. The molecular formula is C21H27NO4. The van der Waals surface area contributed by atoms with Gasteiger partial charge in [-0.3, -0.25) is 4.79 Å². The molecule has 0 aromatic heterocycles. The van der Waals surface area contributed by atoms with Crippen LogP contribution in [0, 0.1) is 0 Å². The molecule has 0 N–H and O–H groups in total. The van der Waals surface area contributed by atoms with E-state index in [1.807, 2.05) is 6.92 Å². The summed E-state index contributed by atoms with van der Waals surface area (Å²) in [7, 11) is 6.39. The number of rotatable bonds is 7. The molecule has 0 heterocycles. The molecule has 5 nitrogen and oxygen atoms in total. The molecule has 0 unspecified atom stereocenters. The molecule has 0 aliphatic heterocycles. The van der Waals surface area contributed by atoms with E-state index in [1.165, 1.54) is 26.9 Å². The quantitative estimate of drug-likeness (QED) is 0.740. The van der Waals surface area contributed by atoms with Gasteiger partial charge in [-0.1, -0.05) is 29.9 Å². The topological polar surface area (TPSA) is 48.0 Å². The zero-order valence-corrected chi connectivity index (χ0v) is 16.2. The molecule has 0 bridgehead atoms. The number of carbonyl (C=O) groups excluding carboxylic acids is 1. The Bertz CT molecular complexity index is 721. The van der Waals surface area contributed by atoms with Gasteiger partial charge in [0, 0.05) is 19.2 Å². The monoisotopic (exact) mass is 357 g/mol. The van der Waals surface area contributed by atoms with Crippen LogP contribution in [-0.2, 0) is 0 Å². The Hall–Kier alpha value is -2.69. The van der Waals surface area contributed by atoms with Crippen LogP contribution < -0.4 is 14.2 Å². The molecule has 0 atom stereocenters. The molecular weight excluding hydrogens is 330 g/mol. The van der Waals surface area contributed by atoms with Crippen LogP contribution in [0.25, 0.3) is 0 Å². The molecule has 1 aromatic rings. The minimum absolute atomic E-state index is 0.106. The summed E-state index contributed by atoms with van der Waals surface area (Å²) in [6.07, 6.45) is 10.8. The van der Waals surface area contributed by atoms with Gasteiger partial charge >= 0.3 is 0 Å². The predicted molar refractivity (Wildman–Crippen MR) is 103 cm³/mol.